The molecule has 6 heteroatoms. The van der Waals surface area contributed by atoms with E-state index < -0.39 is 5.97 Å². The van der Waals surface area contributed by atoms with E-state index in [1.54, 1.807) is 10.8 Å². The standard InChI is InChI=1S/C17H18N4O2/c1-23-17(22)16-15(19)12(8-18)10-21(16)14-5-3-2-4-13(14)20-9-11-6-7-11/h2-5,10-11,20H,6-7,9,19H2,1H3. The molecule has 0 saturated heterocycles. The molecular formula is C17H18N4O2. The summed E-state index contributed by atoms with van der Waals surface area (Å²) in [5.41, 5.74) is 8.16. The molecule has 6 nitrogen and oxygen atoms in total. The second-order valence-corrected chi connectivity index (χ2v) is 5.62. The quantitative estimate of drug-likeness (QED) is 0.828. The Balaban J connectivity index is 2.07. The Labute approximate surface area is 134 Å². The molecule has 3 rings (SSSR count). The summed E-state index contributed by atoms with van der Waals surface area (Å²) < 4.78 is 6.44. The van der Waals surface area contributed by atoms with Gasteiger partial charge in [0, 0.05) is 12.7 Å². The lowest BCUT2D eigenvalue weighted by atomic mass is 10.2. The molecule has 0 bridgehead atoms. The van der Waals surface area contributed by atoms with Gasteiger partial charge in [0.15, 0.2) is 5.69 Å². The fraction of sp³-hybridized carbons (Fsp3) is 0.294. The minimum Gasteiger partial charge on any atom is -0.464 e. The van der Waals surface area contributed by atoms with Gasteiger partial charge in [-0.15, -0.1) is 0 Å². The smallest absolute Gasteiger partial charge is 0.357 e. The first-order valence-corrected chi connectivity index (χ1v) is 7.48. The van der Waals surface area contributed by atoms with E-state index in [0.717, 1.165) is 17.9 Å². The van der Waals surface area contributed by atoms with Gasteiger partial charge in [0.05, 0.1) is 29.7 Å². The highest BCUT2D eigenvalue weighted by atomic mass is 16.5. The Kier molecular flexibility index (Phi) is 3.94. The monoisotopic (exact) mass is 310 g/mol. The van der Waals surface area contributed by atoms with Crippen molar-refractivity contribution in [1.29, 1.82) is 5.26 Å². The van der Waals surface area contributed by atoms with E-state index in [1.807, 2.05) is 30.3 Å². The average Bonchev–Trinajstić information content (AvgIpc) is 3.35. The number of carbonyl (C=O) groups excluding carboxylic acids is 1. The molecular weight excluding hydrogens is 292 g/mol. The second-order valence-electron chi connectivity index (χ2n) is 5.62. The van der Waals surface area contributed by atoms with Crippen LogP contribution in [0, 0.1) is 17.2 Å². The van der Waals surface area contributed by atoms with Gasteiger partial charge in [0.25, 0.3) is 0 Å². The number of nitriles is 1. The van der Waals surface area contributed by atoms with Crippen LogP contribution in [0.1, 0.15) is 28.9 Å². The Morgan fingerprint density at radius 3 is 2.87 bits per heavy atom. The molecule has 1 heterocycles. The molecule has 0 unspecified atom stereocenters. The molecule has 1 aromatic heterocycles. The highest BCUT2D eigenvalue weighted by molar-refractivity contribution is 5.96. The van der Waals surface area contributed by atoms with Crippen LogP contribution in [-0.2, 0) is 4.74 Å². The van der Waals surface area contributed by atoms with E-state index in [-0.39, 0.29) is 16.9 Å². The van der Waals surface area contributed by atoms with Gasteiger partial charge in [-0.25, -0.2) is 4.79 Å². The summed E-state index contributed by atoms with van der Waals surface area (Å²) in [6.45, 7) is 0.895. The van der Waals surface area contributed by atoms with Crippen LogP contribution >= 0.6 is 0 Å². The van der Waals surface area contributed by atoms with Crippen LogP contribution in [0.3, 0.4) is 0 Å². The van der Waals surface area contributed by atoms with Gasteiger partial charge in [-0.3, -0.25) is 0 Å². The highest BCUT2D eigenvalue weighted by Gasteiger charge is 2.24. The van der Waals surface area contributed by atoms with Crippen LogP contribution in [0.25, 0.3) is 5.69 Å². The molecule has 0 aliphatic heterocycles. The SMILES string of the molecule is COC(=O)c1c(N)c(C#N)cn1-c1ccccc1NCC1CC1. The number of esters is 1. The van der Waals surface area contributed by atoms with Crippen molar-refractivity contribution >= 4 is 17.3 Å². The molecule has 0 spiro atoms. The molecule has 2 aromatic rings. The van der Waals surface area contributed by atoms with Crippen molar-refractivity contribution in [2.45, 2.75) is 12.8 Å². The van der Waals surface area contributed by atoms with E-state index in [2.05, 4.69) is 5.32 Å². The van der Waals surface area contributed by atoms with Crippen molar-refractivity contribution in [3.8, 4) is 11.8 Å². The molecule has 1 aromatic carbocycles. The van der Waals surface area contributed by atoms with Gasteiger partial charge >= 0.3 is 5.97 Å². The third-order valence-corrected chi connectivity index (χ3v) is 3.99. The lowest BCUT2D eigenvalue weighted by Gasteiger charge is -2.14. The molecule has 1 aliphatic rings. The van der Waals surface area contributed by atoms with Crippen molar-refractivity contribution in [2.24, 2.45) is 5.92 Å². The number of hydrogen-bond donors (Lipinski definition) is 2. The number of ether oxygens (including phenoxy) is 1. The lowest BCUT2D eigenvalue weighted by Crippen LogP contribution is -2.13. The molecule has 3 N–H and O–H groups in total. The zero-order chi connectivity index (χ0) is 16.4. The molecule has 0 atom stereocenters. The number of nitrogens with zero attached hydrogens (tertiary/aromatic N) is 2. The number of rotatable bonds is 5. The van der Waals surface area contributed by atoms with Crippen LogP contribution in [0.15, 0.2) is 30.5 Å². The van der Waals surface area contributed by atoms with Crippen LogP contribution in [-0.4, -0.2) is 24.2 Å². The van der Waals surface area contributed by atoms with Crippen molar-refractivity contribution in [1.82, 2.24) is 4.57 Å². The third-order valence-electron chi connectivity index (χ3n) is 3.99. The second kappa shape index (κ2) is 6.05. The molecule has 0 radical (unpaired) electrons. The van der Waals surface area contributed by atoms with Crippen LogP contribution in [0.4, 0.5) is 11.4 Å². The summed E-state index contributed by atoms with van der Waals surface area (Å²) in [5, 5.41) is 12.6. The lowest BCUT2D eigenvalue weighted by molar-refractivity contribution is 0.0593. The van der Waals surface area contributed by atoms with E-state index >= 15 is 0 Å². The first kappa shape index (κ1) is 15.0. The fourth-order valence-corrected chi connectivity index (χ4v) is 2.51. The maximum atomic E-state index is 12.1. The summed E-state index contributed by atoms with van der Waals surface area (Å²) in [4.78, 5) is 12.1. The number of aromatic nitrogens is 1. The first-order valence-electron chi connectivity index (χ1n) is 7.48. The van der Waals surface area contributed by atoms with Gasteiger partial charge < -0.3 is 20.4 Å². The minimum absolute atomic E-state index is 0.136. The maximum Gasteiger partial charge on any atom is 0.357 e. The molecule has 23 heavy (non-hydrogen) atoms. The van der Waals surface area contributed by atoms with Crippen molar-refractivity contribution in [3.63, 3.8) is 0 Å². The summed E-state index contributed by atoms with van der Waals surface area (Å²) in [6.07, 6.45) is 4.06. The first-order chi connectivity index (χ1) is 11.2. The van der Waals surface area contributed by atoms with Gasteiger partial charge in [-0.1, -0.05) is 12.1 Å². The Morgan fingerprint density at radius 1 is 1.48 bits per heavy atom. The number of hydrogen-bond acceptors (Lipinski definition) is 5. The van der Waals surface area contributed by atoms with Gasteiger partial charge in [-0.05, 0) is 30.9 Å². The van der Waals surface area contributed by atoms with Crippen LogP contribution in [0.5, 0.6) is 0 Å². The summed E-state index contributed by atoms with van der Waals surface area (Å²) in [5.74, 6) is 0.147. The Bertz CT molecular complexity index is 784. The number of carbonyl (C=O) groups is 1. The summed E-state index contributed by atoms with van der Waals surface area (Å²) in [6, 6.07) is 9.63. The van der Waals surface area contributed by atoms with Crippen molar-refractivity contribution in [2.75, 3.05) is 24.7 Å². The van der Waals surface area contributed by atoms with Crippen LogP contribution in [0.2, 0.25) is 0 Å². The predicted octanol–water partition coefficient (Wildman–Crippen LogP) is 2.54. The molecule has 1 saturated carbocycles. The van der Waals surface area contributed by atoms with Crippen molar-refractivity contribution < 1.29 is 9.53 Å². The predicted molar refractivity (Wildman–Crippen MR) is 87.4 cm³/mol. The molecule has 118 valence electrons. The minimum atomic E-state index is -0.569. The zero-order valence-electron chi connectivity index (χ0n) is 12.9. The molecule has 1 aliphatic carbocycles. The van der Waals surface area contributed by atoms with E-state index in [1.165, 1.54) is 20.0 Å². The third kappa shape index (κ3) is 2.86. The zero-order valence-corrected chi connectivity index (χ0v) is 12.9. The van der Waals surface area contributed by atoms with Crippen molar-refractivity contribution in [3.05, 3.63) is 41.7 Å². The fourth-order valence-electron chi connectivity index (χ4n) is 2.51. The summed E-state index contributed by atoms with van der Waals surface area (Å²) >= 11 is 0. The molecule has 0 amide bonds. The number of nitrogens with two attached hydrogens (primary N) is 1. The average molecular weight is 310 g/mol. The number of para-hydroxylation sites is 2. The topological polar surface area (TPSA) is 93.1 Å². The largest absolute Gasteiger partial charge is 0.464 e. The van der Waals surface area contributed by atoms with E-state index in [0.29, 0.717) is 5.92 Å². The number of nitrogens with one attached hydrogen (secondary N) is 1. The van der Waals surface area contributed by atoms with E-state index in [4.69, 9.17) is 10.5 Å². The Morgan fingerprint density at radius 2 is 2.22 bits per heavy atom. The Hall–Kier alpha value is -2.94. The van der Waals surface area contributed by atoms with Gasteiger partial charge in [0.1, 0.15) is 6.07 Å². The number of nitrogen functional groups attached to an aromatic ring is 1. The number of methoxy groups -OCH3 is 1. The highest BCUT2D eigenvalue weighted by Crippen LogP contribution is 2.32. The van der Waals surface area contributed by atoms with E-state index in [9.17, 15) is 10.1 Å². The molecule has 1 fully saturated rings. The summed E-state index contributed by atoms with van der Waals surface area (Å²) in [7, 11) is 1.29. The van der Waals surface area contributed by atoms with Crippen LogP contribution < -0.4 is 11.1 Å². The normalized spacial score (nSPS) is 13.4. The number of anilines is 2. The van der Waals surface area contributed by atoms with Gasteiger partial charge in [0.2, 0.25) is 0 Å². The van der Waals surface area contributed by atoms with Gasteiger partial charge in [-0.2, -0.15) is 5.26 Å². The maximum absolute atomic E-state index is 12.1. The number of benzene rings is 1.